The number of carbonyl (C=O) groups is 2. The van der Waals surface area contributed by atoms with E-state index in [0.29, 0.717) is 55.4 Å². The number of aromatic nitrogens is 3. The summed E-state index contributed by atoms with van der Waals surface area (Å²) in [5, 5.41) is 2.97. The van der Waals surface area contributed by atoms with Crippen LogP contribution < -0.4 is 10.2 Å². The molecule has 2 N–H and O–H groups in total. The molecule has 3 rings (SSSR count). The number of piperazine rings is 1. The summed E-state index contributed by atoms with van der Waals surface area (Å²) in [5.41, 5.74) is 1.16. The van der Waals surface area contributed by atoms with Gasteiger partial charge in [0.2, 0.25) is 5.91 Å². The Bertz CT molecular complexity index is 970. The number of amides is 2. The van der Waals surface area contributed by atoms with E-state index in [9.17, 15) is 9.59 Å². The van der Waals surface area contributed by atoms with Crippen molar-refractivity contribution < 1.29 is 14.3 Å². The average molecular weight is 443 g/mol. The maximum atomic E-state index is 12.8. The molecule has 1 aliphatic heterocycles. The second-order valence-electron chi connectivity index (χ2n) is 8.86. The molecule has 2 aromatic rings. The first-order chi connectivity index (χ1) is 15.3. The highest BCUT2D eigenvalue weighted by atomic mass is 16.5. The van der Waals surface area contributed by atoms with Crippen molar-refractivity contribution in [2.24, 2.45) is 0 Å². The van der Waals surface area contributed by atoms with Gasteiger partial charge in [-0.15, -0.1) is 0 Å². The maximum absolute atomic E-state index is 12.8. The number of nitrogens with one attached hydrogen (secondary N) is 2. The van der Waals surface area contributed by atoms with Crippen molar-refractivity contribution in [2.45, 2.75) is 52.1 Å². The summed E-state index contributed by atoms with van der Waals surface area (Å²) >= 11 is 0. The largest absolute Gasteiger partial charge is 0.379 e. The van der Waals surface area contributed by atoms with Gasteiger partial charge in [0.1, 0.15) is 11.3 Å². The van der Waals surface area contributed by atoms with Crippen molar-refractivity contribution in [2.75, 3.05) is 37.7 Å². The van der Waals surface area contributed by atoms with Crippen LogP contribution in [-0.4, -0.2) is 76.1 Å². The molecule has 0 bridgehead atoms. The fourth-order valence-corrected chi connectivity index (χ4v) is 3.93. The van der Waals surface area contributed by atoms with E-state index in [1.54, 1.807) is 12.4 Å². The second kappa shape index (κ2) is 10.1. The van der Waals surface area contributed by atoms with Crippen molar-refractivity contribution >= 4 is 28.8 Å². The van der Waals surface area contributed by atoms with E-state index in [0.717, 1.165) is 12.8 Å². The van der Waals surface area contributed by atoms with Gasteiger partial charge in [0.15, 0.2) is 5.65 Å². The summed E-state index contributed by atoms with van der Waals surface area (Å²) in [7, 11) is 0. The van der Waals surface area contributed by atoms with E-state index in [1.165, 1.54) is 6.08 Å². The third-order valence-corrected chi connectivity index (χ3v) is 5.67. The number of nitrogens with zero attached hydrogens (tertiary/aromatic N) is 4. The summed E-state index contributed by atoms with van der Waals surface area (Å²) in [6.07, 6.45) is 6.77. The lowest BCUT2D eigenvalue weighted by Gasteiger charge is -2.47. The lowest BCUT2D eigenvalue weighted by Crippen LogP contribution is -2.61. The monoisotopic (exact) mass is 442 g/mol. The van der Waals surface area contributed by atoms with Gasteiger partial charge in [-0.2, -0.15) is 0 Å². The summed E-state index contributed by atoms with van der Waals surface area (Å²) in [6.45, 7) is 14.6. The molecule has 2 aromatic heterocycles. The maximum Gasteiger partial charge on any atom is 0.255 e. The Hall–Kier alpha value is -2.94. The number of hydrogen-bond acceptors (Lipinski definition) is 6. The van der Waals surface area contributed by atoms with Crippen LogP contribution in [0.5, 0.6) is 0 Å². The minimum absolute atomic E-state index is 0.0754. The molecule has 0 aromatic carbocycles. The molecule has 9 heteroatoms. The Morgan fingerprint density at radius 2 is 2.19 bits per heavy atom. The van der Waals surface area contributed by atoms with E-state index >= 15 is 0 Å². The van der Waals surface area contributed by atoms with Gasteiger partial charge in [-0.1, -0.05) is 19.9 Å². The number of H-pyrrole nitrogens is 1. The number of hydrogen-bond donors (Lipinski definition) is 2. The Balaban J connectivity index is 1.73. The van der Waals surface area contributed by atoms with E-state index in [1.807, 2.05) is 25.7 Å². The second-order valence-corrected chi connectivity index (χ2v) is 8.86. The van der Waals surface area contributed by atoms with Crippen molar-refractivity contribution in [3.63, 3.8) is 0 Å². The number of carbonyl (C=O) groups excluding carboxylic acids is 2. The van der Waals surface area contributed by atoms with Crippen LogP contribution in [0.15, 0.2) is 25.0 Å². The highest BCUT2D eigenvalue weighted by Crippen LogP contribution is 2.26. The van der Waals surface area contributed by atoms with Gasteiger partial charge in [-0.3, -0.25) is 9.59 Å². The minimum Gasteiger partial charge on any atom is -0.379 e. The lowest BCUT2D eigenvalue weighted by atomic mass is 9.98. The first-order valence-electron chi connectivity index (χ1n) is 11.2. The van der Waals surface area contributed by atoms with Crippen LogP contribution in [0.4, 0.5) is 5.82 Å². The molecule has 0 spiro atoms. The minimum atomic E-state index is -0.383. The third kappa shape index (κ3) is 5.27. The number of anilines is 1. The van der Waals surface area contributed by atoms with Crippen LogP contribution in [0.1, 0.15) is 50.9 Å². The average Bonchev–Trinajstić information content (AvgIpc) is 3.19. The topological polar surface area (TPSA) is 103 Å². The van der Waals surface area contributed by atoms with Gasteiger partial charge >= 0.3 is 0 Å². The molecule has 0 radical (unpaired) electrons. The van der Waals surface area contributed by atoms with Crippen LogP contribution >= 0.6 is 0 Å². The van der Waals surface area contributed by atoms with Crippen molar-refractivity contribution in [3.8, 4) is 0 Å². The number of aromatic amines is 1. The fraction of sp³-hybridized carbons (Fsp3) is 0.565. The predicted octanol–water partition coefficient (Wildman–Crippen LogP) is 2.51. The zero-order valence-electron chi connectivity index (χ0n) is 19.5. The first-order valence-corrected chi connectivity index (χ1v) is 11.2. The van der Waals surface area contributed by atoms with Gasteiger partial charge in [0.25, 0.3) is 5.91 Å². The van der Waals surface area contributed by atoms with Crippen LogP contribution in [0.3, 0.4) is 0 Å². The molecule has 1 saturated heterocycles. The van der Waals surface area contributed by atoms with Crippen LogP contribution in [0, 0.1) is 0 Å². The number of rotatable bonds is 9. The number of ether oxygens (including phenoxy) is 1. The van der Waals surface area contributed by atoms with Crippen LogP contribution in [0.2, 0.25) is 0 Å². The van der Waals surface area contributed by atoms with Gasteiger partial charge < -0.3 is 24.8 Å². The fourth-order valence-electron chi connectivity index (χ4n) is 3.93. The SMILES string of the molecule is C=CC(=O)N1CCN(c2cnc3[nH]cc(C(=O)N[C@H](C)COCCCC)c3n2)CC1(C)C. The molecule has 2 amide bonds. The Labute approximate surface area is 189 Å². The standard InChI is InChI=1S/C23H34N6O3/c1-6-8-11-32-14-16(3)26-22(31)17-12-24-21-20(17)27-18(13-25-21)28-9-10-29(19(30)7-2)23(4,5)15-28/h7,12-13,16H,2,6,8-11,14-15H2,1,3-5H3,(H,24,25)(H,26,31)/t16-/m1/s1. The Morgan fingerprint density at radius 3 is 2.88 bits per heavy atom. The Morgan fingerprint density at radius 1 is 1.41 bits per heavy atom. The summed E-state index contributed by atoms with van der Waals surface area (Å²) in [4.78, 5) is 41.2. The molecule has 1 fully saturated rings. The van der Waals surface area contributed by atoms with Crippen LogP contribution in [0.25, 0.3) is 11.2 Å². The molecule has 0 aliphatic carbocycles. The lowest BCUT2D eigenvalue weighted by molar-refractivity contribution is -0.131. The van der Waals surface area contributed by atoms with Gasteiger partial charge in [0, 0.05) is 38.5 Å². The molecule has 3 heterocycles. The van der Waals surface area contributed by atoms with Gasteiger partial charge in [0.05, 0.1) is 23.9 Å². The van der Waals surface area contributed by atoms with Gasteiger partial charge in [-0.05, 0) is 33.3 Å². The van der Waals surface area contributed by atoms with Crippen LogP contribution in [-0.2, 0) is 9.53 Å². The molecule has 0 unspecified atom stereocenters. The normalized spacial score (nSPS) is 16.8. The molecular formula is C23H34N6O3. The third-order valence-electron chi connectivity index (χ3n) is 5.67. The quantitative estimate of drug-likeness (QED) is 0.457. The summed E-state index contributed by atoms with van der Waals surface area (Å²) in [6, 6.07) is -0.114. The molecule has 32 heavy (non-hydrogen) atoms. The van der Waals surface area contributed by atoms with Crippen molar-refractivity contribution in [3.05, 3.63) is 30.6 Å². The predicted molar refractivity (Wildman–Crippen MR) is 125 cm³/mol. The molecule has 1 atom stereocenters. The Kier molecular flexibility index (Phi) is 7.50. The van der Waals surface area contributed by atoms with Gasteiger partial charge in [-0.25, -0.2) is 9.97 Å². The smallest absolute Gasteiger partial charge is 0.255 e. The number of fused-ring (bicyclic) bond motifs is 1. The highest BCUT2D eigenvalue weighted by molar-refractivity contribution is 6.04. The zero-order valence-corrected chi connectivity index (χ0v) is 19.5. The molecule has 174 valence electrons. The van der Waals surface area contributed by atoms with E-state index < -0.39 is 0 Å². The highest BCUT2D eigenvalue weighted by Gasteiger charge is 2.36. The van der Waals surface area contributed by atoms with Crippen molar-refractivity contribution in [1.82, 2.24) is 25.2 Å². The molecular weight excluding hydrogens is 408 g/mol. The zero-order chi connectivity index (χ0) is 23.3. The van der Waals surface area contributed by atoms with E-state index in [-0.39, 0.29) is 23.4 Å². The van der Waals surface area contributed by atoms with E-state index in [2.05, 4.69) is 33.7 Å². The molecule has 9 nitrogen and oxygen atoms in total. The van der Waals surface area contributed by atoms with Crippen molar-refractivity contribution in [1.29, 1.82) is 0 Å². The molecule has 1 aliphatic rings. The summed E-state index contributed by atoms with van der Waals surface area (Å²) in [5.74, 6) is 0.394. The first kappa shape index (κ1) is 23.7. The number of unbranched alkanes of at least 4 members (excludes halogenated alkanes) is 1. The van der Waals surface area contributed by atoms with E-state index in [4.69, 9.17) is 9.72 Å². The molecule has 0 saturated carbocycles. The summed E-state index contributed by atoms with van der Waals surface area (Å²) < 4.78 is 5.60.